The zero-order chi connectivity index (χ0) is 10.7. The molecule has 0 aromatic heterocycles. The fourth-order valence-corrected chi connectivity index (χ4v) is 1.91. The van der Waals surface area contributed by atoms with Gasteiger partial charge in [-0.3, -0.25) is 0 Å². The molecule has 1 saturated heterocycles. The van der Waals surface area contributed by atoms with Crippen LogP contribution in [0.25, 0.3) is 0 Å². The second-order valence-electron chi connectivity index (χ2n) is 4.26. The molecule has 0 spiro atoms. The molecule has 2 nitrogen and oxygen atoms in total. The van der Waals surface area contributed by atoms with Gasteiger partial charge >= 0.3 is 0 Å². The van der Waals surface area contributed by atoms with Crippen LogP contribution < -0.4 is 0 Å². The van der Waals surface area contributed by atoms with Crippen LogP contribution in [0.4, 0.5) is 0 Å². The molecule has 1 aromatic rings. The van der Waals surface area contributed by atoms with Gasteiger partial charge in [0.2, 0.25) is 0 Å². The maximum Gasteiger partial charge on any atom is 0.158 e. The van der Waals surface area contributed by atoms with Crippen molar-refractivity contribution in [3.63, 3.8) is 0 Å². The lowest BCUT2D eigenvalue weighted by Crippen LogP contribution is -2.12. The van der Waals surface area contributed by atoms with Gasteiger partial charge in [0.05, 0.1) is 12.7 Å². The van der Waals surface area contributed by atoms with E-state index >= 15 is 0 Å². The average Bonchev–Trinajstić information content (AvgIpc) is 2.65. The van der Waals surface area contributed by atoms with Crippen molar-refractivity contribution in [1.29, 1.82) is 0 Å². The van der Waals surface area contributed by atoms with Gasteiger partial charge in [0.25, 0.3) is 0 Å². The smallest absolute Gasteiger partial charge is 0.158 e. The SMILES string of the molecule is CC1COC(CC(C)c2ccccc2)O1. The summed E-state index contributed by atoms with van der Waals surface area (Å²) in [6.07, 6.45) is 1.17. The topological polar surface area (TPSA) is 18.5 Å². The molecule has 2 rings (SSSR count). The average molecular weight is 206 g/mol. The van der Waals surface area contributed by atoms with E-state index in [9.17, 15) is 0 Å². The number of hydrogen-bond acceptors (Lipinski definition) is 2. The van der Waals surface area contributed by atoms with Gasteiger partial charge in [-0.1, -0.05) is 37.3 Å². The lowest BCUT2D eigenvalue weighted by Gasteiger charge is -2.16. The number of ether oxygens (including phenoxy) is 2. The molecule has 82 valence electrons. The van der Waals surface area contributed by atoms with Gasteiger partial charge < -0.3 is 9.47 Å². The molecular formula is C13H18O2. The van der Waals surface area contributed by atoms with Crippen LogP contribution >= 0.6 is 0 Å². The first-order valence-electron chi connectivity index (χ1n) is 5.57. The highest BCUT2D eigenvalue weighted by molar-refractivity contribution is 5.18. The molecule has 1 aliphatic heterocycles. The van der Waals surface area contributed by atoms with Crippen molar-refractivity contribution in [2.45, 2.75) is 38.6 Å². The van der Waals surface area contributed by atoms with Crippen LogP contribution in [0, 0.1) is 0 Å². The largest absolute Gasteiger partial charge is 0.350 e. The summed E-state index contributed by atoms with van der Waals surface area (Å²) >= 11 is 0. The molecule has 1 heterocycles. The van der Waals surface area contributed by atoms with E-state index < -0.39 is 0 Å². The zero-order valence-corrected chi connectivity index (χ0v) is 9.35. The Kier molecular flexibility index (Phi) is 3.39. The second-order valence-corrected chi connectivity index (χ2v) is 4.26. The number of rotatable bonds is 3. The molecule has 15 heavy (non-hydrogen) atoms. The summed E-state index contributed by atoms with van der Waals surface area (Å²) in [5.41, 5.74) is 1.35. The van der Waals surface area contributed by atoms with Gasteiger partial charge in [0.15, 0.2) is 6.29 Å². The maximum absolute atomic E-state index is 5.63. The van der Waals surface area contributed by atoms with Crippen molar-refractivity contribution in [3.8, 4) is 0 Å². The molecule has 3 atom stereocenters. The summed E-state index contributed by atoms with van der Waals surface area (Å²) in [5, 5.41) is 0. The molecule has 2 heteroatoms. The monoisotopic (exact) mass is 206 g/mol. The molecule has 1 fully saturated rings. The minimum absolute atomic E-state index is 0.0183. The van der Waals surface area contributed by atoms with Crippen molar-refractivity contribution >= 4 is 0 Å². The van der Waals surface area contributed by atoms with E-state index in [1.165, 1.54) is 5.56 Å². The van der Waals surface area contributed by atoms with E-state index in [0.717, 1.165) is 13.0 Å². The fourth-order valence-electron chi connectivity index (χ4n) is 1.91. The summed E-state index contributed by atoms with van der Waals surface area (Å²) in [6, 6.07) is 10.5. The van der Waals surface area contributed by atoms with E-state index in [4.69, 9.17) is 9.47 Å². The first kappa shape index (κ1) is 10.7. The van der Waals surface area contributed by atoms with Crippen LogP contribution in [0.3, 0.4) is 0 Å². The number of benzene rings is 1. The number of hydrogen-bond donors (Lipinski definition) is 0. The van der Waals surface area contributed by atoms with Gasteiger partial charge in [-0.15, -0.1) is 0 Å². The Morgan fingerprint density at radius 1 is 1.33 bits per heavy atom. The lowest BCUT2D eigenvalue weighted by atomic mass is 9.98. The Morgan fingerprint density at radius 2 is 2.07 bits per heavy atom. The fraction of sp³-hybridized carbons (Fsp3) is 0.538. The molecule has 1 aromatic carbocycles. The molecular weight excluding hydrogens is 188 g/mol. The third-order valence-corrected chi connectivity index (χ3v) is 2.82. The normalized spacial score (nSPS) is 27.9. The van der Waals surface area contributed by atoms with Crippen molar-refractivity contribution in [1.82, 2.24) is 0 Å². The quantitative estimate of drug-likeness (QED) is 0.757. The molecule has 0 aliphatic carbocycles. The minimum atomic E-state index is -0.0183. The van der Waals surface area contributed by atoms with Gasteiger partial charge in [0.1, 0.15) is 0 Å². The molecule has 0 N–H and O–H groups in total. The van der Waals surface area contributed by atoms with Gasteiger partial charge in [-0.25, -0.2) is 0 Å². The highest BCUT2D eigenvalue weighted by Crippen LogP contribution is 2.25. The summed E-state index contributed by atoms with van der Waals surface area (Å²) < 4.78 is 11.2. The maximum atomic E-state index is 5.63. The highest BCUT2D eigenvalue weighted by atomic mass is 16.7. The van der Waals surface area contributed by atoms with E-state index in [-0.39, 0.29) is 12.4 Å². The Labute approximate surface area is 91.2 Å². The second kappa shape index (κ2) is 4.77. The van der Waals surface area contributed by atoms with E-state index in [1.807, 2.05) is 13.0 Å². The van der Waals surface area contributed by atoms with E-state index in [2.05, 4.69) is 31.2 Å². The molecule has 0 radical (unpaired) electrons. The Balaban J connectivity index is 1.90. The van der Waals surface area contributed by atoms with Gasteiger partial charge in [-0.05, 0) is 18.4 Å². The van der Waals surface area contributed by atoms with Crippen molar-refractivity contribution in [3.05, 3.63) is 35.9 Å². The van der Waals surface area contributed by atoms with E-state index in [1.54, 1.807) is 0 Å². The standard InChI is InChI=1S/C13H18O2/c1-10(12-6-4-3-5-7-12)8-13-14-9-11(2)15-13/h3-7,10-11,13H,8-9H2,1-2H3. The lowest BCUT2D eigenvalue weighted by molar-refractivity contribution is -0.0624. The summed E-state index contributed by atoms with van der Waals surface area (Å²) in [6.45, 7) is 4.99. The predicted octanol–water partition coefficient (Wildman–Crippen LogP) is 2.94. The highest BCUT2D eigenvalue weighted by Gasteiger charge is 2.24. The third-order valence-electron chi connectivity index (χ3n) is 2.82. The zero-order valence-electron chi connectivity index (χ0n) is 9.35. The van der Waals surface area contributed by atoms with Crippen molar-refractivity contribution in [2.24, 2.45) is 0 Å². The summed E-state index contributed by atoms with van der Waals surface area (Å²) in [5.74, 6) is 0.487. The molecule has 3 unspecified atom stereocenters. The first-order valence-corrected chi connectivity index (χ1v) is 5.57. The van der Waals surface area contributed by atoms with Crippen LogP contribution in [0.1, 0.15) is 31.7 Å². The first-order chi connectivity index (χ1) is 7.25. The summed E-state index contributed by atoms with van der Waals surface area (Å²) in [4.78, 5) is 0. The van der Waals surface area contributed by atoms with Crippen LogP contribution in [0.2, 0.25) is 0 Å². The molecule has 0 amide bonds. The third kappa shape index (κ3) is 2.80. The van der Waals surface area contributed by atoms with Gasteiger partial charge in [0, 0.05) is 6.42 Å². The van der Waals surface area contributed by atoms with Crippen LogP contribution in [-0.4, -0.2) is 19.0 Å². The molecule has 1 aliphatic rings. The van der Waals surface area contributed by atoms with Gasteiger partial charge in [-0.2, -0.15) is 0 Å². The van der Waals surface area contributed by atoms with Crippen molar-refractivity contribution in [2.75, 3.05) is 6.61 Å². The van der Waals surface area contributed by atoms with Crippen LogP contribution in [0.5, 0.6) is 0 Å². The molecule has 0 saturated carbocycles. The summed E-state index contributed by atoms with van der Waals surface area (Å²) in [7, 11) is 0. The predicted molar refractivity (Wildman–Crippen MR) is 59.8 cm³/mol. The minimum Gasteiger partial charge on any atom is -0.350 e. The van der Waals surface area contributed by atoms with Crippen LogP contribution in [0.15, 0.2) is 30.3 Å². The Bertz CT molecular complexity index is 297. The van der Waals surface area contributed by atoms with E-state index in [0.29, 0.717) is 5.92 Å². The molecule has 0 bridgehead atoms. The Hall–Kier alpha value is -0.860. The Morgan fingerprint density at radius 3 is 2.67 bits per heavy atom. The van der Waals surface area contributed by atoms with Crippen molar-refractivity contribution < 1.29 is 9.47 Å². The van der Waals surface area contributed by atoms with Crippen LogP contribution in [-0.2, 0) is 9.47 Å².